The Morgan fingerprint density at radius 2 is 2.13 bits per heavy atom. The Hall–Kier alpha value is -2.70. The fourth-order valence-electron chi connectivity index (χ4n) is 6.27. The summed E-state index contributed by atoms with van der Waals surface area (Å²) in [6.07, 6.45) is 7.18. The molecule has 0 saturated carbocycles. The maximum atomic E-state index is 5.72. The van der Waals surface area contributed by atoms with E-state index in [2.05, 4.69) is 51.9 Å². The summed E-state index contributed by atoms with van der Waals surface area (Å²) in [7, 11) is 0. The number of piperidine rings is 1. The molecule has 0 aliphatic carbocycles. The summed E-state index contributed by atoms with van der Waals surface area (Å²) in [6.45, 7) is 4.69. The molecule has 0 spiro atoms. The number of hydrogen-bond donors (Lipinski definition) is 0. The smallest absolute Gasteiger partial charge is 0.268 e. The molecule has 3 aliphatic rings. The lowest BCUT2D eigenvalue weighted by Gasteiger charge is -2.53. The third kappa shape index (κ3) is 2.35. The molecular weight excluding hydrogens is 404 g/mol. The van der Waals surface area contributed by atoms with Gasteiger partial charge in [0.1, 0.15) is 0 Å². The molecule has 31 heavy (non-hydrogen) atoms. The second-order valence-corrected chi connectivity index (χ2v) is 9.97. The van der Waals surface area contributed by atoms with Gasteiger partial charge in [-0.3, -0.25) is 4.90 Å². The number of thiophene rings is 1. The van der Waals surface area contributed by atoms with Crippen LogP contribution >= 0.6 is 11.3 Å². The minimum absolute atomic E-state index is 0.122. The van der Waals surface area contributed by atoms with Gasteiger partial charge in [0.25, 0.3) is 5.89 Å². The van der Waals surface area contributed by atoms with Gasteiger partial charge in [0, 0.05) is 23.0 Å². The average molecular weight is 429 g/mol. The predicted octanol–water partition coefficient (Wildman–Crippen LogP) is 5.75. The highest BCUT2D eigenvalue weighted by Gasteiger charge is 2.50. The Kier molecular flexibility index (Phi) is 3.70. The molecule has 6 heterocycles. The topological polar surface area (TPSA) is 47.1 Å². The molecule has 1 aromatic carbocycles. The number of benzene rings is 1. The van der Waals surface area contributed by atoms with E-state index in [1.807, 2.05) is 17.5 Å². The van der Waals surface area contributed by atoms with Gasteiger partial charge < -0.3 is 9.09 Å². The first-order valence-electron chi connectivity index (χ1n) is 11.3. The van der Waals surface area contributed by atoms with Gasteiger partial charge in [0.05, 0.1) is 22.1 Å². The van der Waals surface area contributed by atoms with Crippen molar-refractivity contribution in [3.63, 3.8) is 0 Å². The summed E-state index contributed by atoms with van der Waals surface area (Å²) >= 11 is 1.63. The quantitative estimate of drug-likeness (QED) is 0.417. The number of rotatable bonds is 3. The fourth-order valence-corrected chi connectivity index (χ4v) is 6.92. The van der Waals surface area contributed by atoms with Gasteiger partial charge in [-0.25, -0.2) is 0 Å². The van der Waals surface area contributed by atoms with Crippen molar-refractivity contribution in [2.75, 3.05) is 13.1 Å². The lowest BCUT2D eigenvalue weighted by Crippen LogP contribution is -2.50. The molecule has 1 saturated heterocycles. The monoisotopic (exact) mass is 428 g/mol. The third-order valence-electron chi connectivity index (χ3n) is 7.64. The van der Waals surface area contributed by atoms with E-state index in [0.717, 1.165) is 30.0 Å². The number of fused-ring (bicyclic) bond motifs is 3. The molecule has 156 valence electrons. The van der Waals surface area contributed by atoms with Crippen LogP contribution in [-0.4, -0.2) is 32.7 Å². The fraction of sp³-hybridized carbons (Fsp3) is 0.360. The van der Waals surface area contributed by atoms with E-state index in [1.165, 1.54) is 41.5 Å². The van der Waals surface area contributed by atoms with Crippen LogP contribution in [0.25, 0.3) is 27.4 Å². The normalized spacial score (nSPS) is 24.9. The SMILES string of the molecule is CC[C@@]12C=C(c3noc(-c4cccs4)n3)n3c4c(c5ccccc53)CCN(CCC1)[C@H]42. The number of hydrogen-bond acceptors (Lipinski definition) is 5. The van der Waals surface area contributed by atoms with E-state index < -0.39 is 0 Å². The molecule has 3 aromatic heterocycles. The van der Waals surface area contributed by atoms with Crippen LogP contribution in [-0.2, 0) is 6.42 Å². The largest absolute Gasteiger partial charge is 0.333 e. The van der Waals surface area contributed by atoms with Crippen molar-refractivity contribution < 1.29 is 4.52 Å². The Bertz CT molecular complexity index is 1330. The zero-order valence-corrected chi connectivity index (χ0v) is 18.4. The summed E-state index contributed by atoms with van der Waals surface area (Å²) in [4.78, 5) is 8.60. The maximum Gasteiger partial charge on any atom is 0.268 e. The highest BCUT2D eigenvalue weighted by Crippen LogP contribution is 2.57. The number of nitrogens with zero attached hydrogens (tertiary/aromatic N) is 4. The van der Waals surface area contributed by atoms with Crippen LogP contribution in [0.4, 0.5) is 0 Å². The molecule has 2 atom stereocenters. The summed E-state index contributed by atoms with van der Waals surface area (Å²) in [5, 5.41) is 7.89. The lowest BCUT2D eigenvalue weighted by atomic mass is 9.66. The van der Waals surface area contributed by atoms with E-state index in [4.69, 9.17) is 9.51 Å². The van der Waals surface area contributed by atoms with Crippen molar-refractivity contribution in [1.29, 1.82) is 0 Å². The summed E-state index contributed by atoms with van der Waals surface area (Å²) in [6, 6.07) is 13.3. The molecule has 6 heteroatoms. The molecule has 0 unspecified atom stereocenters. The highest BCUT2D eigenvalue weighted by molar-refractivity contribution is 7.13. The van der Waals surface area contributed by atoms with Crippen LogP contribution in [0.2, 0.25) is 0 Å². The molecular formula is C25H24N4OS. The molecule has 0 radical (unpaired) electrons. The molecule has 7 rings (SSSR count). The molecule has 0 amide bonds. The van der Waals surface area contributed by atoms with E-state index in [0.29, 0.717) is 17.8 Å². The Morgan fingerprint density at radius 1 is 1.19 bits per heavy atom. The van der Waals surface area contributed by atoms with Crippen molar-refractivity contribution >= 4 is 27.9 Å². The van der Waals surface area contributed by atoms with Gasteiger partial charge in [-0.15, -0.1) is 11.3 Å². The first kappa shape index (κ1) is 17.9. The minimum atomic E-state index is 0.122. The van der Waals surface area contributed by atoms with Crippen molar-refractivity contribution in [3.8, 4) is 10.8 Å². The van der Waals surface area contributed by atoms with Crippen LogP contribution in [0.1, 0.15) is 49.3 Å². The summed E-state index contributed by atoms with van der Waals surface area (Å²) in [5.41, 5.74) is 5.46. The predicted molar refractivity (Wildman–Crippen MR) is 123 cm³/mol. The van der Waals surface area contributed by atoms with Crippen LogP contribution in [0.3, 0.4) is 0 Å². The van der Waals surface area contributed by atoms with Crippen LogP contribution in [0, 0.1) is 5.41 Å². The maximum absolute atomic E-state index is 5.72. The Balaban J connectivity index is 1.52. The molecule has 3 aliphatic heterocycles. The van der Waals surface area contributed by atoms with Gasteiger partial charge in [0.15, 0.2) is 0 Å². The number of para-hydroxylation sites is 1. The van der Waals surface area contributed by atoms with Gasteiger partial charge >= 0.3 is 0 Å². The molecule has 4 aromatic rings. The second kappa shape index (κ2) is 6.40. The van der Waals surface area contributed by atoms with Crippen molar-refractivity contribution in [1.82, 2.24) is 19.6 Å². The Labute approximate surface area is 185 Å². The van der Waals surface area contributed by atoms with Crippen LogP contribution in [0.5, 0.6) is 0 Å². The van der Waals surface area contributed by atoms with E-state index in [-0.39, 0.29) is 5.41 Å². The van der Waals surface area contributed by atoms with Gasteiger partial charge in [-0.2, -0.15) is 4.98 Å². The van der Waals surface area contributed by atoms with E-state index >= 15 is 0 Å². The standard InChI is InChI=1S/C25H24N4OS/c1-2-25-11-6-12-28-13-10-17-16-7-3-4-8-18(16)29(21(17)22(25)28)19(15-25)23-26-24(30-27-23)20-9-5-14-31-20/h3-5,7-9,14-15,22H,2,6,10-13H2,1H3/t22-,25+/m1/s1. The van der Waals surface area contributed by atoms with Crippen molar-refractivity contribution in [3.05, 3.63) is 64.9 Å². The zero-order valence-electron chi connectivity index (χ0n) is 17.5. The summed E-state index contributed by atoms with van der Waals surface area (Å²) in [5.74, 6) is 1.30. The van der Waals surface area contributed by atoms with Gasteiger partial charge in [-0.05, 0) is 61.4 Å². The first-order chi connectivity index (χ1) is 15.3. The van der Waals surface area contributed by atoms with Crippen molar-refractivity contribution in [2.45, 2.75) is 38.6 Å². The summed E-state index contributed by atoms with van der Waals surface area (Å²) < 4.78 is 8.17. The zero-order chi connectivity index (χ0) is 20.6. The average Bonchev–Trinajstić information content (AvgIpc) is 3.57. The van der Waals surface area contributed by atoms with E-state index in [9.17, 15) is 0 Å². The second-order valence-electron chi connectivity index (χ2n) is 9.03. The first-order valence-corrected chi connectivity index (χ1v) is 12.1. The molecule has 1 fully saturated rings. The third-order valence-corrected chi connectivity index (χ3v) is 8.49. The van der Waals surface area contributed by atoms with Crippen LogP contribution < -0.4 is 0 Å². The van der Waals surface area contributed by atoms with E-state index in [1.54, 1.807) is 11.3 Å². The van der Waals surface area contributed by atoms with Crippen molar-refractivity contribution in [2.24, 2.45) is 5.41 Å². The minimum Gasteiger partial charge on any atom is -0.333 e. The van der Waals surface area contributed by atoms with Gasteiger partial charge in [0.2, 0.25) is 5.82 Å². The Morgan fingerprint density at radius 3 is 3.00 bits per heavy atom. The lowest BCUT2D eigenvalue weighted by molar-refractivity contribution is 0.0271. The highest BCUT2D eigenvalue weighted by atomic mass is 32.1. The molecule has 5 nitrogen and oxygen atoms in total. The molecule has 0 N–H and O–H groups in total. The molecule has 0 bridgehead atoms. The van der Waals surface area contributed by atoms with Gasteiger partial charge in [-0.1, -0.05) is 36.3 Å². The number of aromatic nitrogens is 3. The van der Waals surface area contributed by atoms with Crippen LogP contribution in [0.15, 0.2) is 52.4 Å².